The fourth-order valence-electron chi connectivity index (χ4n) is 6.41. The zero-order chi connectivity index (χ0) is 26.1. The molecule has 3 aromatic carbocycles. The molecular formula is C31H27ClN2O3. The number of amides is 1. The van der Waals surface area contributed by atoms with Crippen LogP contribution in [0.3, 0.4) is 0 Å². The van der Waals surface area contributed by atoms with Crippen LogP contribution in [0.25, 0.3) is 6.08 Å². The second kappa shape index (κ2) is 8.15. The van der Waals surface area contributed by atoms with Gasteiger partial charge in [0, 0.05) is 27.9 Å². The first-order valence-corrected chi connectivity index (χ1v) is 12.8. The summed E-state index contributed by atoms with van der Waals surface area (Å²) in [5.74, 6) is -1.54. The Balaban J connectivity index is 1.69. The molecule has 0 unspecified atom stereocenters. The molecule has 3 heterocycles. The predicted octanol–water partition coefficient (Wildman–Crippen LogP) is 6.05. The molecule has 0 saturated carbocycles. The lowest BCUT2D eigenvalue weighted by molar-refractivity contribution is -0.131. The lowest BCUT2D eigenvalue weighted by Gasteiger charge is -2.38. The van der Waals surface area contributed by atoms with E-state index in [0.717, 1.165) is 16.7 Å². The zero-order valence-corrected chi connectivity index (χ0v) is 21.6. The standard InChI is InChI=1S/C31H27ClN2O3/c1-30(2,3)28(36)25-24(26(35)19-12-14-20(32)15-13-19)31(22-10-6-7-11-23(22)33-29(31)37)27-21-9-5-4-8-18(21)16-17-34(25)27/h4-17,24-25,27H,1-3H3,(H,33,37)/t24-,25+,27+,31-/m1/s1. The second-order valence-corrected chi connectivity index (χ2v) is 11.5. The van der Waals surface area contributed by atoms with Crippen molar-refractivity contribution in [2.24, 2.45) is 11.3 Å². The maximum atomic E-state index is 14.5. The minimum Gasteiger partial charge on any atom is -0.358 e. The third-order valence-electron chi connectivity index (χ3n) is 7.99. The number of fused-ring (bicyclic) bond motifs is 6. The number of carbonyl (C=O) groups excluding carboxylic acids is 3. The topological polar surface area (TPSA) is 66.5 Å². The normalized spacial score (nSPS) is 25.5. The van der Waals surface area contributed by atoms with Crippen LogP contribution in [-0.4, -0.2) is 28.4 Å². The quantitative estimate of drug-likeness (QED) is 0.435. The maximum Gasteiger partial charge on any atom is 0.238 e. The first-order valence-electron chi connectivity index (χ1n) is 12.5. The van der Waals surface area contributed by atoms with Crippen LogP contribution in [-0.2, 0) is 15.0 Å². The second-order valence-electron chi connectivity index (χ2n) is 11.1. The van der Waals surface area contributed by atoms with Crippen molar-refractivity contribution in [3.05, 3.63) is 106 Å². The molecule has 1 N–H and O–H groups in total. The summed E-state index contributed by atoms with van der Waals surface area (Å²) in [7, 11) is 0. The minimum atomic E-state index is -1.31. The third kappa shape index (κ3) is 3.27. The summed E-state index contributed by atoms with van der Waals surface area (Å²) in [6, 6.07) is 20.8. The van der Waals surface area contributed by atoms with Crippen molar-refractivity contribution in [1.29, 1.82) is 0 Å². The number of carbonyl (C=O) groups is 3. The van der Waals surface area contributed by atoms with E-state index in [0.29, 0.717) is 16.3 Å². The van der Waals surface area contributed by atoms with E-state index in [9.17, 15) is 14.4 Å². The molecule has 37 heavy (non-hydrogen) atoms. The highest BCUT2D eigenvalue weighted by atomic mass is 35.5. The molecule has 3 aliphatic heterocycles. The van der Waals surface area contributed by atoms with E-state index in [2.05, 4.69) is 5.32 Å². The molecule has 3 aliphatic rings. The first kappa shape index (κ1) is 23.7. The Kier molecular flexibility index (Phi) is 5.22. The van der Waals surface area contributed by atoms with Crippen molar-refractivity contribution >= 4 is 40.8 Å². The Morgan fingerprint density at radius 2 is 1.62 bits per heavy atom. The monoisotopic (exact) mass is 510 g/mol. The predicted molar refractivity (Wildman–Crippen MR) is 144 cm³/mol. The van der Waals surface area contributed by atoms with E-state index < -0.39 is 28.8 Å². The lowest BCUT2D eigenvalue weighted by Crippen LogP contribution is -2.50. The molecule has 4 atom stereocenters. The van der Waals surface area contributed by atoms with E-state index in [1.54, 1.807) is 24.3 Å². The highest BCUT2D eigenvalue weighted by Gasteiger charge is 2.71. The van der Waals surface area contributed by atoms with Crippen LogP contribution < -0.4 is 5.32 Å². The number of nitrogens with one attached hydrogen (secondary N) is 1. The minimum absolute atomic E-state index is 0.0806. The Labute approximate surface area is 221 Å². The molecule has 1 fully saturated rings. The number of benzene rings is 3. The van der Waals surface area contributed by atoms with Crippen molar-refractivity contribution in [2.45, 2.75) is 38.3 Å². The first-order chi connectivity index (χ1) is 17.7. The molecule has 0 aliphatic carbocycles. The van der Waals surface area contributed by atoms with Gasteiger partial charge in [-0.3, -0.25) is 14.4 Å². The third-order valence-corrected chi connectivity index (χ3v) is 8.24. The van der Waals surface area contributed by atoms with Crippen LogP contribution in [0.1, 0.15) is 53.9 Å². The summed E-state index contributed by atoms with van der Waals surface area (Å²) >= 11 is 6.13. The van der Waals surface area contributed by atoms with Crippen LogP contribution in [0.15, 0.2) is 79.0 Å². The summed E-state index contributed by atoms with van der Waals surface area (Å²) in [6.07, 6.45) is 3.86. The molecule has 0 bridgehead atoms. The molecule has 1 saturated heterocycles. The van der Waals surface area contributed by atoms with Gasteiger partial charge in [0.2, 0.25) is 5.91 Å². The molecule has 6 rings (SSSR count). The lowest BCUT2D eigenvalue weighted by atomic mass is 9.62. The zero-order valence-electron chi connectivity index (χ0n) is 20.9. The van der Waals surface area contributed by atoms with Crippen molar-refractivity contribution < 1.29 is 14.4 Å². The number of halogens is 1. The fourth-order valence-corrected chi connectivity index (χ4v) is 6.53. The molecular weight excluding hydrogens is 484 g/mol. The molecule has 5 nitrogen and oxygen atoms in total. The van der Waals surface area contributed by atoms with Gasteiger partial charge in [0.1, 0.15) is 5.41 Å². The number of ketones is 2. The van der Waals surface area contributed by atoms with Gasteiger partial charge < -0.3 is 10.2 Å². The van der Waals surface area contributed by atoms with Gasteiger partial charge in [-0.2, -0.15) is 0 Å². The summed E-state index contributed by atoms with van der Waals surface area (Å²) in [6.45, 7) is 5.59. The number of hydrogen-bond donors (Lipinski definition) is 1. The Morgan fingerprint density at radius 1 is 0.946 bits per heavy atom. The van der Waals surface area contributed by atoms with Gasteiger partial charge in [-0.05, 0) is 53.1 Å². The summed E-state index contributed by atoms with van der Waals surface area (Å²) in [5.41, 5.74) is 1.71. The fraction of sp³-hybridized carbons (Fsp3) is 0.258. The summed E-state index contributed by atoms with van der Waals surface area (Å²) in [4.78, 5) is 45.0. The SMILES string of the molecule is CC(C)(C)C(=O)[C@@H]1[C@H](C(=O)c2ccc(Cl)cc2)[C@@]2(C(=O)Nc3ccccc32)[C@@H]2c3ccccc3C=CN12. The van der Waals surface area contributed by atoms with Gasteiger partial charge in [0.05, 0.1) is 18.0 Å². The molecule has 0 aromatic heterocycles. The number of Topliss-reactive ketones (excluding diaryl/α,β-unsaturated/α-hetero) is 2. The van der Waals surface area contributed by atoms with E-state index in [1.807, 2.05) is 86.5 Å². The number of para-hydroxylation sites is 1. The van der Waals surface area contributed by atoms with Crippen molar-refractivity contribution in [1.82, 2.24) is 4.90 Å². The number of anilines is 1. The Bertz CT molecular complexity index is 1490. The van der Waals surface area contributed by atoms with Crippen molar-refractivity contribution in [3.63, 3.8) is 0 Å². The molecule has 186 valence electrons. The van der Waals surface area contributed by atoms with E-state index in [4.69, 9.17) is 11.6 Å². The molecule has 1 spiro atoms. The Hall–Kier alpha value is -3.70. The van der Waals surface area contributed by atoms with Gasteiger partial charge in [0.15, 0.2) is 11.6 Å². The van der Waals surface area contributed by atoms with Crippen LogP contribution in [0.4, 0.5) is 5.69 Å². The molecule has 0 radical (unpaired) electrons. The van der Waals surface area contributed by atoms with Gasteiger partial charge in [-0.1, -0.05) is 74.8 Å². The smallest absolute Gasteiger partial charge is 0.238 e. The van der Waals surface area contributed by atoms with Crippen LogP contribution >= 0.6 is 11.6 Å². The van der Waals surface area contributed by atoms with Crippen LogP contribution in [0, 0.1) is 11.3 Å². The van der Waals surface area contributed by atoms with E-state index >= 15 is 0 Å². The average Bonchev–Trinajstić information content (AvgIpc) is 3.35. The van der Waals surface area contributed by atoms with Gasteiger partial charge in [0.25, 0.3) is 0 Å². The van der Waals surface area contributed by atoms with Gasteiger partial charge in [-0.25, -0.2) is 0 Å². The maximum absolute atomic E-state index is 14.5. The van der Waals surface area contributed by atoms with Gasteiger partial charge in [-0.15, -0.1) is 0 Å². The number of rotatable bonds is 3. The number of nitrogens with zero attached hydrogens (tertiary/aromatic N) is 1. The van der Waals surface area contributed by atoms with Gasteiger partial charge >= 0.3 is 0 Å². The summed E-state index contributed by atoms with van der Waals surface area (Å²) in [5, 5.41) is 3.58. The largest absolute Gasteiger partial charge is 0.358 e. The molecule has 6 heteroatoms. The highest BCUT2D eigenvalue weighted by molar-refractivity contribution is 6.30. The van der Waals surface area contributed by atoms with E-state index in [1.165, 1.54) is 0 Å². The average molecular weight is 511 g/mol. The highest BCUT2D eigenvalue weighted by Crippen LogP contribution is 2.62. The molecule has 3 aromatic rings. The van der Waals surface area contributed by atoms with Crippen LogP contribution in [0.5, 0.6) is 0 Å². The van der Waals surface area contributed by atoms with E-state index in [-0.39, 0.29) is 17.5 Å². The summed E-state index contributed by atoms with van der Waals surface area (Å²) < 4.78 is 0. The van der Waals surface area contributed by atoms with Crippen molar-refractivity contribution in [2.75, 3.05) is 5.32 Å². The van der Waals surface area contributed by atoms with Crippen LogP contribution in [0.2, 0.25) is 5.02 Å². The number of hydrogen-bond acceptors (Lipinski definition) is 4. The molecule has 1 amide bonds. The van der Waals surface area contributed by atoms with Crippen molar-refractivity contribution in [3.8, 4) is 0 Å². The Morgan fingerprint density at radius 3 is 2.35 bits per heavy atom.